The number of amidine groups is 1. The average molecular weight is 308 g/mol. The topological polar surface area (TPSA) is 94.6 Å². The van der Waals surface area contributed by atoms with Gasteiger partial charge in [0.15, 0.2) is 0 Å². The fraction of sp³-hybridized carbons (Fsp3) is 0.375. The van der Waals surface area contributed by atoms with Crippen LogP contribution in [0, 0.1) is 5.41 Å². The van der Waals surface area contributed by atoms with Crippen molar-refractivity contribution in [3.8, 4) is 0 Å². The lowest BCUT2D eigenvalue weighted by atomic mass is 10.4. The van der Waals surface area contributed by atoms with E-state index < -0.39 is 0 Å². The molecule has 1 aliphatic rings. The highest BCUT2D eigenvalue weighted by Crippen LogP contribution is 2.01. The van der Waals surface area contributed by atoms with Crippen LogP contribution in [0.25, 0.3) is 0 Å². The number of nitrogens with zero attached hydrogens (tertiary/aromatic N) is 2. The van der Waals surface area contributed by atoms with Crippen LogP contribution >= 0.6 is 29.6 Å². The lowest BCUT2D eigenvalue weighted by Crippen LogP contribution is -2.39. The molecule has 0 aromatic carbocycles. The molecule has 0 spiro atoms. The maximum atomic E-state index is 11.4. The van der Waals surface area contributed by atoms with Crippen molar-refractivity contribution in [2.45, 2.75) is 6.42 Å². The molecular formula is C8H14BrN5OS. The van der Waals surface area contributed by atoms with Crippen LogP contribution in [0.1, 0.15) is 6.42 Å². The second-order valence-electron chi connectivity index (χ2n) is 2.95. The van der Waals surface area contributed by atoms with Crippen molar-refractivity contribution < 1.29 is 4.79 Å². The average Bonchev–Trinajstić information content (AvgIpc) is 2.18. The molecule has 16 heavy (non-hydrogen) atoms. The van der Waals surface area contributed by atoms with Crippen LogP contribution in [0.4, 0.5) is 4.79 Å². The van der Waals surface area contributed by atoms with Gasteiger partial charge >= 0.3 is 6.03 Å². The fourth-order valence-corrected chi connectivity index (χ4v) is 1.07. The predicted molar refractivity (Wildman–Crippen MR) is 72.5 cm³/mol. The molecule has 1 aliphatic heterocycles. The first-order chi connectivity index (χ1) is 7.09. The van der Waals surface area contributed by atoms with E-state index in [2.05, 4.69) is 22.9 Å². The number of nitrogens with two attached hydrogens (primary N) is 1. The van der Waals surface area contributed by atoms with Gasteiger partial charge in [0.1, 0.15) is 6.67 Å². The number of amides is 2. The zero-order valence-corrected chi connectivity index (χ0v) is 11.1. The second-order valence-corrected chi connectivity index (χ2v) is 3.41. The Hall–Kier alpha value is -1.02. The van der Waals surface area contributed by atoms with Crippen molar-refractivity contribution in [3.63, 3.8) is 0 Å². The van der Waals surface area contributed by atoms with Gasteiger partial charge in [0, 0.05) is 19.2 Å². The molecule has 0 bridgehead atoms. The zero-order chi connectivity index (χ0) is 11.3. The van der Waals surface area contributed by atoms with Gasteiger partial charge < -0.3 is 11.1 Å². The number of halogens is 1. The first kappa shape index (κ1) is 15.0. The third kappa shape index (κ3) is 5.17. The van der Waals surface area contributed by atoms with Gasteiger partial charge in [0.2, 0.25) is 0 Å². The number of rotatable bonds is 3. The van der Waals surface area contributed by atoms with Crippen LogP contribution in [0.2, 0.25) is 0 Å². The van der Waals surface area contributed by atoms with E-state index in [-0.39, 0.29) is 35.5 Å². The minimum Gasteiger partial charge on any atom is -0.388 e. The number of carbonyl (C=O) groups excluding carboxylic acids is 1. The largest absolute Gasteiger partial charge is 0.388 e. The molecule has 0 aliphatic carbocycles. The summed E-state index contributed by atoms with van der Waals surface area (Å²) in [6.45, 7) is 0.622. The van der Waals surface area contributed by atoms with Gasteiger partial charge in [-0.3, -0.25) is 15.3 Å². The molecule has 0 fully saturated rings. The zero-order valence-electron chi connectivity index (χ0n) is 8.51. The molecule has 1 heterocycles. The SMILES string of the molecule is Br.N=C(N)CCNC(=O)N1C=CC(S)=NC1. The van der Waals surface area contributed by atoms with E-state index in [1.807, 2.05) is 0 Å². The molecule has 2 amide bonds. The van der Waals surface area contributed by atoms with Crippen LogP contribution < -0.4 is 11.1 Å². The first-order valence-electron chi connectivity index (χ1n) is 4.38. The lowest BCUT2D eigenvalue weighted by molar-refractivity contribution is 0.216. The van der Waals surface area contributed by atoms with Crippen LogP contribution in [0.5, 0.6) is 0 Å². The monoisotopic (exact) mass is 307 g/mol. The molecule has 0 saturated heterocycles. The van der Waals surface area contributed by atoms with Gasteiger partial charge in [-0.25, -0.2) is 4.79 Å². The second kappa shape index (κ2) is 7.29. The maximum absolute atomic E-state index is 11.4. The molecular weight excluding hydrogens is 294 g/mol. The smallest absolute Gasteiger partial charge is 0.322 e. The standard InChI is InChI=1S/C8H13N5OS.BrH/c9-6(10)1-3-11-8(14)13-4-2-7(15)12-5-13;/h2,4H,1,3,5H2,(H3,9,10)(H,11,14)(H,12,15);1H. The Balaban J connectivity index is 0.00000225. The summed E-state index contributed by atoms with van der Waals surface area (Å²) in [5.74, 6) is 0.0557. The van der Waals surface area contributed by atoms with E-state index >= 15 is 0 Å². The van der Waals surface area contributed by atoms with E-state index in [0.717, 1.165) is 0 Å². The molecule has 0 aromatic rings. The highest BCUT2D eigenvalue weighted by molar-refractivity contribution is 8.93. The van der Waals surface area contributed by atoms with Crippen molar-refractivity contribution in [2.24, 2.45) is 10.7 Å². The Morgan fingerprint density at radius 1 is 1.75 bits per heavy atom. The lowest BCUT2D eigenvalue weighted by Gasteiger charge is -2.19. The van der Waals surface area contributed by atoms with E-state index in [1.54, 1.807) is 12.3 Å². The molecule has 0 saturated carbocycles. The number of urea groups is 1. The molecule has 0 radical (unpaired) electrons. The number of nitrogens with one attached hydrogen (secondary N) is 2. The number of hydrogen-bond donors (Lipinski definition) is 4. The van der Waals surface area contributed by atoms with Crippen molar-refractivity contribution in [1.29, 1.82) is 5.41 Å². The highest BCUT2D eigenvalue weighted by atomic mass is 79.9. The number of carbonyl (C=O) groups is 1. The summed E-state index contributed by atoms with van der Waals surface area (Å²) in [7, 11) is 0. The normalized spacial score (nSPS) is 13.8. The summed E-state index contributed by atoms with van der Waals surface area (Å²) in [5.41, 5.74) is 5.15. The van der Waals surface area contributed by atoms with Gasteiger partial charge in [0.05, 0.1) is 10.9 Å². The predicted octanol–water partition coefficient (Wildman–Crippen LogP) is 0.715. The molecule has 0 unspecified atom stereocenters. The summed E-state index contributed by atoms with van der Waals surface area (Å²) < 4.78 is 0. The van der Waals surface area contributed by atoms with Gasteiger partial charge in [-0.1, -0.05) is 0 Å². The Morgan fingerprint density at radius 3 is 2.94 bits per heavy atom. The Labute approximate surface area is 110 Å². The van der Waals surface area contributed by atoms with E-state index in [1.165, 1.54) is 4.90 Å². The third-order valence-electron chi connectivity index (χ3n) is 1.72. The summed E-state index contributed by atoms with van der Waals surface area (Å²) in [5, 5.41) is 10.2. The van der Waals surface area contributed by atoms with Gasteiger partial charge in [-0.15, -0.1) is 29.6 Å². The van der Waals surface area contributed by atoms with Crippen molar-refractivity contribution in [3.05, 3.63) is 12.3 Å². The van der Waals surface area contributed by atoms with E-state index in [9.17, 15) is 4.79 Å². The maximum Gasteiger partial charge on any atom is 0.322 e. The van der Waals surface area contributed by atoms with Gasteiger partial charge in [-0.2, -0.15) is 0 Å². The van der Waals surface area contributed by atoms with E-state index in [0.29, 0.717) is 18.0 Å². The number of aliphatic imine (C=N–C) groups is 1. The van der Waals surface area contributed by atoms with Crippen LogP contribution in [0.15, 0.2) is 17.3 Å². The summed E-state index contributed by atoms with van der Waals surface area (Å²) in [4.78, 5) is 16.8. The molecule has 90 valence electrons. The van der Waals surface area contributed by atoms with Crippen molar-refractivity contribution in [1.82, 2.24) is 10.2 Å². The summed E-state index contributed by atoms with van der Waals surface area (Å²) >= 11 is 4.03. The highest BCUT2D eigenvalue weighted by Gasteiger charge is 2.11. The quantitative estimate of drug-likeness (QED) is 0.351. The Kier molecular flexibility index (Phi) is 6.82. The molecule has 8 heteroatoms. The van der Waals surface area contributed by atoms with Gasteiger partial charge in [-0.05, 0) is 6.08 Å². The van der Waals surface area contributed by atoms with Crippen LogP contribution in [0.3, 0.4) is 0 Å². The first-order valence-corrected chi connectivity index (χ1v) is 4.83. The Morgan fingerprint density at radius 2 is 2.44 bits per heavy atom. The fourth-order valence-electron chi connectivity index (χ4n) is 0.943. The third-order valence-corrected chi connectivity index (χ3v) is 2.01. The van der Waals surface area contributed by atoms with E-state index in [4.69, 9.17) is 11.1 Å². The summed E-state index contributed by atoms with van der Waals surface area (Å²) in [6, 6.07) is -0.253. The molecule has 0 aromatic heterocycles. The van der Waals surface area contributed by atoms with Crippen LogP contribution in [-0.2, 0) is 0 Å². The van der Waals surface area contributed by atoms with Gasteiger partial charge in [0.25, 0.3) is 0 Å². The number of thiol groups is 1. The molecule has 1 rings (SSSR count). The Bertz CT molecular complexity index is 330. The van der Waals surface area contributed by atoms with Crippen LogP contribution in [-0.4, -0.2) is 35.0 Å². The van der Waals surface area contributed by atoms with Crippen molar-refractivity contribution in [2.75, 3.05) is 13.2 Å². The summed E-state index contributed by atoms with van der Waals surface area (Å²) in [6.07, 6.45) is 3.60. The molecule has 6 nitrogen and oxygen atoms in total. The number of hydrogen-bond acceptors (Lipinski definition) is 3. The minimum atomic E-state index is -0.253. The van der Waals surface area contributed by atoms with Crippen molar-refractivity contribution >= 4 is 46.5 Å². The minimum absolute atomic E-state index is 0. The molecule has 0 atom stereocenters. The molecule has 4 N–H and O–H groups in total.